The number of hydrogen-bond acceptors (Lipinski definition) is 2. The average Bonchev–Trinajstić information content (AvgIpc) is 2.47. The second kappa shape index (κ2) is 5.94. The van der Waals surface area contributed by atoms with E-state index in [1.807, 2.05) is 0 Å². The van der Waals surface area contributed by atoms with Crippen LogP contribution in [0, 0.1) is 5.92 Å². The van der Waals surface area contributed by atoms with Gasteiger partial charge in [-0.2, -0.15) is 0 Å². The van der Waals surface area contributed by atoms with Crippen molar-refractivity contribution in [2.75, 3.05) is 13.1 Å². The molecule has 0 radical (unpaired) electrons. The van der Waals surface area contributed by atoms with Gasteiger partial charge in [0.2, 0.25) is 0 Å². The van der Waals surface area contributed by atoms with E-state index < -0.39 is 0 Å². The van der Waals surface area contributed by atoms with Gasteiger partial charge in [-0.05, 0) is 47.7 Å². The van der Waals surface area contributed by atoms with Gasteiger partial charge in [0.1, 0.15) is 0 Å². The first-order valence-electron chi connectivity index (χ1n) is 7.70. The first-order valence-corrected chi connectivity index (χ1v) is 7.70. The second-order valence-electron chi connectivity index (χ2n) is 6.07. The van der Waals surface area contributed by atoms with Gasteiger partial charge in [-0.3, -0.25) is 4.90 Å². The number of likely N-dealkylation sites (tertiary alicyclic amines) is 1. The maximum atomic E-state index is 5.99. The third-order valence-electron chi connectivity index (χ3n) is 4.67. The zero-order chi connectivity index (χ0) is 13.9. The molecule has 0 spiro atoms. The molecule has 1 aliphatic heterocycles. The van der Waals surface area contributed by atoms with E-state index in [2.05, 4.69) is 54.3 Å². The summed E-state index contributed by atoms with van der Waals surface area (Å²) in [5.41, 5.74) is 7.39. The summed E-state index contributed by atoms with van der Waals surface area (Å²) in [6.07, 6.45) is 2.61. The number of piperidine rings is 1. The lowest BCUT2D eigenvalue weighted by atomic mass is 9.90. The Hall–Kier alpha value is -1.38. The van der Waals surface area contributed by atoms with Crippen molar-refractivity contribution in [2.45, 2.75) is 32.4 Å². The molecule has 106 valence electrons. The summed E-state index contributed by atoms with van der Waals surface area (Å²) in [4.78, 5) is 2.57. The van der Waals surface area contributed by atoms with Crippen molar-refractivity contribution in [1.82, 2.24) is 4.90 Å². The van der Waals surface area contributed by atoms with Crippen LogP contribution < -0.4 is 5.73 Å². The van der Waals surface area contributed by atoms with E-state index in [0.29, 0.717) is 12.0 Å². The quantitative estimate of drug-likeness (QED) is 0.924. The van der Waals surface area contributed by atoms with Crippen molar-refractivity contribution in [3.05, 3.63) is 48.0 Å². The number of hydrogen-bond donors (Lipinski definition) is 1. The smallest absolute Gasteiger partial charge is 0.0247 e. The lowest BCUT2D eigenvalue weighted by Gasteiger charge is -2.39. The number of nitrogens with two attached hydrogens (primary N) is 1. The summed E-state index contributed by atoms with van der Waals surface area (Å²) in [6.45, 7) is 5.31. The maximum Gasteiger partial charge on any atom is 0.0247 e. The Morgan fingerprint density at radius 2 is 1.95 bits per heavy atom. The van der Waals surface area contributed by atoms with Crippen molar-refractivity contribution in [2.24, 2.45) is 11.7 Å². The Balaban J connectivity index is 1.81. The highest BCUT2D eigenvalue weighted by Gasteiger charge is 2.27. The van der Waals surface area contributed by atoms with Gasteiger partial charge in [0.05, 0.1) is 0 Å². The first kappa shape index (κ1) is 13.6. The Kier molecular flexibility index (Phi) is 4.04. The van der Waals surface area contributed by atoms with Crippen LogP contribution in [0.4, 0.5) is 0 Å². The van der Waals surface area contributed by atoms with Gasteiger partial charge in [-0.1, -0.05) is 43.3 Å². The maximum absolute atomic E-state index is 5.99. The van der Waals surface area contributed by atoms with Crippen molar-refractivity contribution < 1.29 is 0 Å². The van der Waals surface area contributed by atoms with Gasteiger partial charge >= 0.3 is 0 Å². The minimum atomic E-state index is 0.537. The summed E-state index contributed by atoms with van der Waals surface area (Å²) < 4.78 is 0. The minimum absolute atomic E-state index is 0.537. The molecule has 0 amide bonds. The van der Waals surface area contributed by atoms with E-state index in [1.54, 1.807) is 0 Å². The summed E-state index contributed by atoms with van der Waals surface area (Å²) in [6, 6.07) is 15.9. The number of fused-ring (bicyclic) bond motifs is 1. The number of nitrogens with zero attached hydrogens (tertiary/aromatic N) is 1. The van der Waals surface area contributed by atoms with Gasteiger partial charge in [-0.25, -0.2) is 0 Å². The summed E-state index contributed by atoms with van der Waals surface area (Å²) >= 11 is 0. The molecule has 3 rings (SSSR count). The fourth-order valence-corrected chi connectivity index (χ4v) is 3.48. The van der Waals surface area contributed by atoms with Crippen molar-refractivity contribution in [3.8, 4) is 0 Å². The van der Waals surface area contributed by atoms with Gasteiger partial charge in [0.15, 0.2) is 0 Å². The second-order valence-corrected chi connectivity index (χ2v) is 6.07. The zero-order valence-corrected chi connectivity index (χ0v) is 12.3. The molecule has 2 unspecified atom stereocenters. The van der Waals surface area contributed by atoms with E-state index in [0.717, 1.165) is 13.1 Å². The molecule has 1 aliphatic rings. The normalized spacial score (nSPS) is 24.1. The van der Waals surface area contributed by atoms with Crippen molar-refractivity contribution >= 4 is 10.8 Å². The molecule has 2 nitrogen and oxygen atoms in total. The van der Waals surface area contributed by atoms with E-state index >= 15 is 0 Å². The molecule has 1 saturated heterocycles. The van der Waals surface area contributed by atoms with Gasteiger partial charge in [-0.15, -0.1) is 0 Å². The summed E-state index contributed by atoms with van der Waals surface area (Å²) in [7, 11) is 0. The Morgan fingerprint density at radius 3 is 2.75 bits per heavy atom. The molecule has 0 bridgehead atoms. The van der Waals surface area contributed by atoms with Gasteiger partial charge in [0, 0.05) is 19.1 Å². The van der Waals surface area contributed by atoms with Crippen LogP contribution in [-0.4, -0.2) is 24.0 Å². The molecule has 2 aromatic carbocycles. The van der Waals surface area contributed by atoms with Gasteiger partial charge < -0.3 is 5.73 Å². The van der Waals surface area contributed by atoms with Gasteiger partial charge in [0.25, 0.3) is 0 Å². The Bertz CT molecular complexity index is 578. The predicted molar refractivity (Wildman–Crippen MR) is 85.6 cm³/mol. The average molecular weight is 268 g/mol. The molecule has 2 N–H and O–H groups in total. The van der Waals surface area contributed by atoms with Crippen LogP contribution >= 0.6 is 0 Å². The highest BCUT2D eigenvalue weighted by molar-refractivity contribution is 5.82. The molecule has 20 heavy (non-hydrogen) atoms. The molecule has 0 saturated carbocycles. The van der Waals surface area contributed by atoms with E-state index in [4.69, 9.17) is 5.73 Å². The molecular weight excluding hydrogens is 244 g/mol. The van der Waals surface area contributed by atoms with Crippen molar-refractivity contribution in [3.63, 3.8) is 0 Å². The van der Waals surface area contributed by atoms with Crippen LogP contribution in [0.25, 0.3) is 10.8 Å². The standard InChI is InChI=1S/C18H24N2/c1-14-5-4-10-20(18(14)12-19)13-15-8-9-16-6-2-3-7-17(16)11-15/h2-3,6-9,11,14,18H,4-5,10,12-13,19H2,1H3. The Morgan fingerprint density at radius 1 is 1.15 bits per heavy atom. The van der Waals surface area contributed by atoms with E-state index in [9.17, 15) is 0 Å². The highest BCUT2D eigenvalue weighted by atomic mass is 15.2. The lowest BCUT2D eigenvalue weighted by molar-refractivity contribution is 0.0991. The molecule has 0 aromatic heterocycles. The predicted octanol–water partition coefficient (Wildman–Crippen LogP) is 3.40. The molecule has 2 aromatic rings. The minimum Gasteiger partial charge on any atom is -0.329 e. The van der Waals surface area contributed by atoms with E-state index in [1.165, 1.54) is 35.7 Å². The SMILES string of the molecule is CC1CCCN(Cc2ccc3ccccc3c2)C1CN. The Labute approximate surface area is 121 Å². The molecule has 2 heteroatoms. The molecule has 0 aliphatic carbocycles. The molecule has 1 heterocycles. The molecule has 1 fully saturated rings. The molecular formula is C18H24N2. The van der Waals surface area contributed by atoms with Crippen LogP contribution in [0.15, 0.2) is 42.5 Å². The van der Waals surface area contributed by atoms with Crippen LogP contribution in [-0.2, 0) is 6.54 Å². The number of benzene rings is 2. The molecule has 2 atom stereocenters. The number of rotatable bonds is 3. The largest absolute Gasteiger partial charge is 0.329 e. The third kappa shape index (κ3) is 2.72. The first-order chi connectivity index (χ1) is 9.78. The van der Waals surface area contributed by atoms with Crippen LogP contribution in [0.1, 0.15) is 25.3 Å². The van der Waals surface area contributed by atoms with Crippen LogP contribution in [0.5, 0.6) is 0 Å². The monoisotopic (exact) mass is 268 g/mol. The lowest BCUT2D eigenvalue weighted by Crippen LogP contribution is -2.47. The van der Waals surface area contributed by atoms with Crippen LogP contribution in [0.2, 0.25) is 0 Å². The fourth-order valence-electron chi connectivity index (χ4n) is 3.48. The highest BCUT2D eigenvalue weighted by Crippen LogP contribution is 2.25. The zero-order valence-electron chi connectivity index (χ0n) is 12.3. The topological polar surface area (TPSA) is 29.3 Å². The van der Waals surface area contributed by atoms with Crippen molar-refractivity contribution in [1.29, 1.82) is 0 Å². The summed E-state index contributed by atoms with van der Waals surface area (Å²) in [5.74, 6) is 0.717. The third-order valence-corrected chi connectivity index (χ3v) is 4.67. The summed E-state index contributed by atoms with van der Waals surface area (Å²) in [5, 5.41) is 2.65. The van der Waals surface area contributed by atoms with E-state index in [-0.39, 0.29) is 0 Å². The van der Waals surface area contributed by atoms with Crippen LogP contribution in [0.3, 0.4) is 0 Å². The fraction of sp³-hybridized carbons (Fsp3) is 0.444.